The quantitative estimate of drug-likeness (QED) is 0.578. The van der Waals surface area contributed by atoms with Gasteiger partial charge >= 0.3 is 0 Å². The Morgan fingerprint density at radius 2 is 2.06 bits per heavy atom. The highest BCUT2D eigenvalue weighted by atomic mass is 32.2. The molecule has 4 rings (SSSR count). The molecular weight excluding hydrogens is 445 g/mol. The number of carbonyl (C=O) groups excluding carboxylic acids is 1. The lowest BCUT2D eigenvalue weighted by atomic mass is 9.85. The largest absolute Gasteiger partial charge is 0.369 e. The van der Waals surface area contributed by atoms with Gasteiger partial charge in [0.05, 0.1) is 12.5 Å². The first-order chi connectivity index (χ1) is 15.8. The number of nitrogens with one attached hydrogen (secondary N) is 2. The fourth-order valence-electron chi connectivity index (χ4n) is 4.92. The first-order valence-electron chi connectivity index (χ1n) is 11.6. The average Bonchev–Trinajstić information content (AvgIpc) is 3.40. The number of anilines is 1. The summed E-state index contributed by atoms with van der Waals surface area (Å²) in [7, 11) is -2.28. The van der Waals surface area contributed by atoms with Gasteiger partial charge in [0.1, 0.15) is 11.9 Å². The molecule has 8 nitrogen and oxygen atoms in total. The van der Waals surface area contributed by atoms with Crippen molar-refractivity contribution in [1.82, 2.24) is 19.6 Å². The van der Waals surface area contributed by atoms with Gasteiger partial charge in [-0.3, -0.25) is 4.79 Å². The van der Waals surface area contributed by atoms with Crippen molar-refractivity contribution in [2.45, 2.75) is 56.0 Å². The summed E-state index contributed by atoms with van der Waals surface area (Å²) in [4.78, 5) is 19.1. The standard InChI is InChI=1S/C23H32FN5O3S/c1-28-16-25-15-22(28)33(31,32)27-20(13-17-5-3-2-4-6-17)23(30)26-10-12-29-11-9-18-14-19(24)7-8-21(18)29/h7-8,14-17,20,27H,2-6,9-13H2,1H3,(H,26,30). The minimum Gasteiger partial charge on any atom is -0.369 e. The lowest BCUT2D eigenvalue weighted by Gasteiger charge is -2.27. The zero-order valence-electron chi connectivity index (χ0n) is 19.0. The van der Waals surface area contributed by atoms with Gasteiger partial charge in [-0.1, -0.05) is 32.1 Å². The molecule has 1 fully saturated rings. The lowest BCUT2D eigenvalue weighted by Crippen LogP contribution is -2.49. The molecule has 1 aromatic carbocycles. The number of nitrogens with zero attached hydrogens (tertiary/aromatic N) is 3. The maximum absolute atomic E-state index is 13.5. The number of imidazole rings is 1. The molecule has 2 heterocycles. The number of hydrogen-bond acceptors (Lipinski definition) is 5. The molecule has 2 N–H and O–H groups in total. The fourth-order valence-corrected chi connectivity index (χ4v) is 6.25. The Morgan fingerprint density at radius 3 is 2.79 bits per heavy atom. The first-order valence-corrected chi connectivity index (χ1v) is 13.1. The lowest BCUT2D eigenvalue weighted by molar-refractivity contribution is -0.123. The Kier molecular flexibility index (Phi) is 7.33. The third-order valence-electron chi connectivity index (χ3n) is 6.67. The smallest absolute Gasteiger partial charge is 0.258 e. The number of amides is 1. The number of carbonyl (C=O) groups is 1. The zero-order chi connectivity index (χ0) is 23.4. The second kappa shape index (κ2) is 10.2. The SMILES string of the molecule is Cn1cncc1S(=O)(=O)NC(CC1CCCCC1)C(=O)NCCN1CCc2cc(F)ccc21. The Morgan fingerprint density at radius 1 is 1.27 bits per heavy atom. The van der Waals surface area contributed by atoms with Crippen LogP contribution < -0.4 is 14.9 Å². The van der Waals surface area contributed by atoms with E-state index in [9.17, 15) is 17.6 Å². The molecule has 0 bridgehead atoms. The van der Waals surface area contributed by atoms with Crippen LogP contribution in [0.2, 0.25) is 0 Å². The summed E-state index contributed by atoms with van der Waals surface area (Å²) in [5, 5.41) is 2.95. The van der Waals surface area contributed by atoms with E-state index in [0.29, 0.717) is 25.4 Å². The maximum atomic E-state index is 13.5. The minimum atomic E-state index is -3.88. The molecule has 0 spiro atoms. The maximum Gasteiger partial charge on any atom is 0.258 e. The van der Waals surface area contributed by atoms with E-state index in [0.717, 1.165) is 49.9 Å². The van der Waals surface area contributed by atoms with Gasteiger partial charge in [-0.25, -0.2) is 17.8 Å². The molecule has 1 atom stereocenters. The molecule has 0 radical (unpaired) electrons. The molecule has 1 aliphatic heterocycles. The van der Waals surface area contributed by atoms with E-state index >= 15 is 0 Å². The van der Waals surface area contributed by atoms with Crippen LogP contribution in [0.5, 0.6) is 0 Å². The molecule has 1 saturated carbocycles. The monoisotopic (exact) mass is 477 g/mol. The number of hydrogen-bond donors (Lipinski definition) is 2. The highest BCUT2D eigenvalue weighted by molar-refractivity contribution is 7.89. The number of rotatable bonds is 9. The van der Waals surface area contributed by atoms with Gasteiger partial charge in [0.15, 0.2) is 5.03 Å². The molecule has 1 amide bonds. The van der Waals surface area contributed by atoms with Crippen molar-refractivity contribution in [2.75, 3.05) is 24.5 Å². The van der Waals surface area contributed by atoms with E-state index in [4.69, 9.17) is 0 Å². The van der Waals surface area contributed by atoms with E-state index in [1.807, 2.05) is 0 Å². The van der Waals surface area contributed by atoms with Gasteiger partial charge < -0.3 is 14.8 Å². The van der Waals surface area contributed by atoms with E-state index in [-0.39, 0.29) is 16.8 Å². The molecule has 0 saturated heterocycles. The number of halogens is 1. The van der Waals surface area contributed by atoms with Crippen LogP contribution in [0, 0.1) is 11.7 Å². The van der Waals surface area contributed by atoms with Gasteiger partial charge in [0.2, 0.25) is 5.91 Å². The summed E-state index contributed by atoms with van der Waals surface area (Å²) in [6.45, 7) is 1.73. The topological polar surface area (TPSA) is 96.3 Å². The van der Waals surface area contributed by atoms with Crippen molar-refractivity contribution in [2.24, 2.45) is 13.0 Å². The predicted molar refractivity (Wildman–Crippen MR) is 124 cm³/mol. The Balaban J connectivity index is 1.39. The summed E-state index contributed by atoms with van der Waals surface area (Å²) in [5.74, 6) is -0.232. The molecule has 33 heavy (non-hydrogen) atoms. The molecule has 2 aromatic rings. The van der Waals surface area contributed by atoms with Crippen molar-refractivity contribution >= 4 is 21.6 Å². The zero-order valence-corrected chi connectivity index (χ0v) is 19.8. The van der Waals surface area contributed by atoms with Gasteiger partial charge in [-0.15, -0.1) is 0 Å². The van der Waals surface area contributed by atoms with Crippen LogP contribution in [0.1, 0.15) is 44.1 Å². The van der Waals surface area contributed by atoms with E-state index in [1.165, 1.54) is 29.6 Å². The van der Waals surface area contributed by atoms with Gasteiger partial charge in [-0.05, 0) is 42.5 Å². The third kappa shape index (κ3) is 5.73. The molecule has 180 valence electrons. The molecule has 10 heteroatoms. The van der Waals surface area contributed by atoms with Crippen molar-refractivity contribution < 1.29 is 17.6 Å². The molecule has 1 aromatic heterocycles. The number of benzene rings is 1. The second-order valence-electron chi connectivity index (χ2n) is 9.06. The Bertz CT molecular complexity index is 1080. The average molecular weight is 478 g/mol. The number of aromatic nitrogens is 2. The summed E-state index contributed by atoms with van der Waals surface area (Å²) < 4.78 is 43.4. The summed E-state index contributed by atoms with van der Waals surface area (Å²) in [6.07, 6.45) is 9.40. The Hall–Kier alpha value is -2.46. The van der Waals surface area contributed by atoms with Gasteiger partial charge in [0, 0.05) is 32.4 Å². The summed E-state index contributed by atoms with van der Waals surface area (Å²) in [6, 6.07) is 3.94. The number of sulfonamides is 1. The second-order valence-corrected chi connectivity index (χ2v) is 10.7. The van der Waals surface area contributed by atoms with Crippen molar-refractivity contribution in [1.29, 1.82) is 0 Å². The molecule has 1 aliphatic carbocycles. The third-order valence-corrected chi connectivity index (χ3v) is 8.21. The highest BCUT2D eigenvalue weighted by Gasteiger charge is 2.30. The summed E-state index contributed by atoms with van der Waals surface area (Å²) >= 11 is 0. The number of fused-ring (bicyclic) bond motifs is 1. The molecule has 1 unspecified atom stereocenters. The van der Waals surface area contributed by atoms with E-state index in [2.05, 4.69) is 19.9 Å². The van der Waals surface area contributed by atoms with E-state index < -0.39 is 16.1 Å². The van der Waals surface area contributed by atoms with Crippen LogP contribution in [0.4, 0.5) is 10.1 Å². The van der Waals surface area contributed by atoms with Gasteiger partial charge in [0.25, 0.3) is 10.0 Å². The summed E-state index contributed by atoms with van der Waals surface area (Å²) in [5.41, 5.74) is 1.96. The van der Waals surface area contributed by atoms with E-state index in [1.54, 1.807) is 19.2 Å². The predicted octanol–water partition coefficient (Wildman–Crippen LogP) is 2.36. The van der Waals surface area contributed by atoms with Crippen LogP contribution >= 0.6 is 0 Å². The minimum absolute atomic E-state index is 0.0323. The number of aryl methyl sites for hydroxylation is 1. The van der Waals surface area contributed by atoms with Crippen LogP contribution in [0.25, 0.3) is 0 Å². The Labute approximate surface area is 194 Å². The van der Waals surface area contributed by atoms with Crippen molar-refractivity contribution in [3.63, 3.8) is 0 Å². The van der Waals surface area contributed by atoms with Crippen LogP contribution in [0.3, 0.4) is 0 Å². The normalized spacial score (nSPS) is 17.7. The molecule has 2 aliphatic rings. The van der Waals surface area contributed by atoms with Crippen molar-refractivity contribution in [3.05, 3.63) is 42.1 Å². The highest BCUT2D eigenvalue weighted by Crippen LogP contribution is 2.29. The fraction of sp³-hybridized carbons (Fsp3) is 0.565. The van der Waals surface area contributed by atoms with Crippen molar-refractivity contribution in [3.8, 4) is 0 Å². The van der Waals surface area contributed by atoms with Crippen LogP contribution in [0.15, 0.2) is 35.7 Å². The van der Waals surface area contributed by atoms with Gasteiger partial charge in [-0.2, -0.15) is 4.72 Å². The van der Waals surface area contributed by atoms with Crippen LogP contribution in [-0.4, -0.2) is 49.6 Å². The first kappa shape index (κ1) is 23.7. The van der Waals surface area contributed by atoms with Crippen LogP contribution in [-0.2, 0) is 28.3 Å². The molecular formula is C23H32FN5O3S.